The van der Waals surface area contributed by atoms with Crippen molar-refractivity contribution in [2.24, 2.45) is 0 Å². The summed E-state index contributed by atoms with van der Waals surface area (Å²) in [6.45, 7) is 1.29. The maximum absolute atomic E-state index is 12.7. The van der Waals surface area contributed by atoms with Crippen molar-refractivity contribution in [2.75, 3.05) is 6.54 Å². The Morgan fingerprint density at radius 3 is 2.17 bits per heavy atom. The number of carboxylic acids is 1. The summed E-state index contributed by atoms with van der Waals surface area (Å²) in [6.07, 6.45) is 0. The molecule has 23 heavy (non-hydrogen) atoms. The minimum Gasteiger partial charge on any atom is -0.480 e. The van der Waals surface area contributed by atoms with Gasteiger partial charge in [-0.15, -0.1) is 0 Å². The molecule has 0 saturated carbocycles. The van der Waals surface area contributed by atoms with Crippen LogP contribution in [0.2, 0.25) is 5.02 Å². The van der Waals surface area contributed by atoms with Crippen LogP contribution in [0.25, 0.3) is 0 Å². The standard InChI is InChI=1S/C16H16ClNO4S/c1-12-2-4-13(5-3-12)10-18(11-16(19)20)23(21,22)15-8-6-14(17)7-9-15/h2-9H,10-11H2,1H3,(H,19,20). The van der Waals surface area contributed by atoms with E-state index in [9.17, 15) is 13.2 Å². The molecule has 0 atom stereocenters. The number of carboxylic acid groups (broad SMARTS) is 1. The van der Waals surface area contributed by atoms with Crippen molar-refractivity contribution >= 4 is 27.6 Å². The Hall–Kier alpha value is -1.89. The molecule has 0 heterocycles. The third kappa shape index (κ3) is 4.54. The molecule has 0 fully saturated rings. The molecule has 0 unspecified atom stereocenters. The highest BCUT2D eigenvalue weighted by Gasteiger charge is 2.26. The summed E-state index contributed by atoms with van der Waals surface area (Å²) in [5, 5.41) is 9.44. The lowest BCUT2D eigenvalue weighted by molar-refractivity contribution is -0.137. The second-order valence-electron chi connectivity index (χ2n) is 5.11. The molecule has 122 valence electrons. The van der Waals surface area contributed by atoms with E-state index in [0.717, 1.165) is 15.4 Å². The van der Waals surface area contributed by atoms with Gasteiger partial charge >= 0.3 is 5.97 Å². The van der Waals surface area contributed by atoms with Crippen molar-refractivity contribution in [3.8, 4) is 0 Å². The molecule has 5 nitrogen and oxygen atoms in total. The van der Waals surface area contributed by atoms with Crippen molar-refractivity contribution in [1.82, 2.24) is 4.31 Å². The zero-order chi connectivity index (χ0) is 17.0. The Balaban J connectivity index is 2.34. The highest BCUT2D eigenvalue weighted by molar-refractivity contribution is 7.89. The Labute approximate surface area is 140 Å². The predicted molar refractivity (Wildman–Crippen MR) is 87.9 cm³/mol. The summed E-state index contributed by atoms with van der Waals surface area (Å²) in [5.74, 6) is -1.21. The van der Waals surface area contributed by atoms with E-state index in [1.807, 2.05) is 19.1 Å². The summed E-state index contributed by atoms with van der Waals surface area (Å²) in [5.41, 5.74) is 1.76. The number of sulfonamides is 1. The van der Waals surface area contributed by atoms with Crippen LogP contribution in [0, 0.1) is 6.92 Å². The molecule has 0 aromatic heterocycles. The van der Waals surface area contributed by atoms with Crippen LogP contribution in [-0.2, 0) is 21.4 Å². The molecule has 1 N–H and O–H groups in total. The highest BCUT2D eigenvalue weighted by atomic mass is 35.5. The Morgan fingerprint density at radius 2 is 1.65 bits per heavy atom. The topological polar surface area (TPSA) is 74.7 Å². The first-order valence-electron chi connectivity index (χ1n) is 6.82. The van der Waals surface area contributed by atoms with Gasteiger partial charge in [0.1, 0.15) is 6.54 Å². The summed E-state index contributed by atoms with van der Waals surface area (Å²) in [6, 6.07) is 12.9. The van der Waals surface area contributed by atoms with Gasteiger partial charge < -0.3 is 5.11 Å². The summed E-state index contributed by atoms with van der Waals surface area (Å²) in [7, 11) is -3.93. The molecule has 2 rings (SSSR count). The Morgan fingerprint density at radius 1 is 1.09 bits per heavy atom. The molecule has 0 bridgehead atoms. The number of halogens is 1. The number of rotatable bonds is 6. The van der Waals surface area contributed by atoms with Gasteiger partial charge in [-0.2, -0.15) is 4.31 Å². The zero-order valence-corrected chi connectivity index (χ0v) is 14.0. The monoisotopic (exact) mass is 353 g/mol. The van der Waals surface area contributed by atoms with Gasteiger partial charge in [-0.3, -0.25) is 4.79 Å². The third-order valence-electron chi connectivity index (χ3n) is 3.24. The Bertz CT molecular complexity index is 786. The normalized spacial score (nSPS) is 11.6. The van der Waals surface area contributed by atoms with Gasteiger partial charge in [-0.1, -0.05) is 41.4 Å². The number of aryl methyl sites for hydroxylation is 1. The maximum atomic E-state index is 12.7. The first-order valence-corrected chi connectivity index (χ1v) is 8.64. The van der Waals surface area contributed by atoms with E-state index in [1.54, 1.807) is 12.1 Å². The molecule has 0 spiro atoms. The van der Waals surface area contributed by atoms with Gasteiger partial charge in [0.25, 0.3) is 0 Å². The van der Waals surface area contributed by atoms with Crippen LogP contribution in [0.4, 0.5) is 0 Å². The van der Waals surface area contributed by atoms with Crippen molar-refractivity contribution < 1.29 is 18.3 Å². The summed E-state index contributed by atoms with van der Waals surface area (Å²) >= 11 is 5.77. The third-order valence-corrected chi connectivity index (χ3v) is 5.30. The number of benzene rings is 2. The summed E-state index contributed by atoms with van der Waals surface area (Å²) in [4.78, 5) is 11.1. The minimum absolute atomic E-state index is 0.00950. The van der Waals surface area contributed by atoms with Crippen LogP contribution in [-0.4, -0.2) is 30.3 Å². The van der Waals surface area contributed by atoms with Crippen molar-refractivity contribution in [3.63, 3.8) is 0 Å². The molecule has 0 aliphatic rings. The van der Waals surface area contributed by atoms with E-state index < -0.39 is 22.5 Å². The average Bonchev–Trinajstić information content (AvgIpc) is 2.49. The SMILES string of the molecule is Cc1ccc(CN(CC(=O)O)S(=O)(=O)c2ccc(Cl)cc2)cc1. The molecule has 7 heteroatoms. The molecule has 2 aromatic rings. The lowest BCUT2D eigenvalue weighted by Crippen LogP contribution is -2.35. The number of hydrogen-bond acceptors (Lipinski definition) is 3. The largest absolute Gasteiger partial charge is 0.480 e. The quantitative estimate of drug-likeness (QED) is 0.866. The number of hydrogen-bond donors (Lipinski definition) is 1. The maximum Gasteiger partial charge on any atom is 0.318 e. The van der Waals surface area contributed by atoms with Crippen LogP contribution in [0.15, 0.2) is 53.4 Å². The smallest absolute Gasteiger partial charge is 0.318 e. The average molecular weight is 354 g/mol. The molecule has 0 radical (unpaired) electrons. The second kappa shape index (κ2) is 7.12. The van der Waals surface area contributed by atoms with Crippen LogP contribution >= 0.6 is 11.6 Å². The van der Waals surface area contributed by atoms with Gasteiger partial charge in [0.2, 0.25) is 10.0 Å². The van der Waals surface area contributed by atoms with E-state index >= 15 is 0 Å². The molecular formula is C16H16ClNO4S. The number of carbonyl (C=O) groups is 1. The van der Waals surface area contributed by atoms with Crippen LogP contribution in [0.1, 0.15) is 11.1 Å². The van der Waals surface area contributed by atoms with E-state index in [4.69, 9.17) is 16.7 Å². The van der Waals surface area contributed by atoms with Gasteiger partial charge in [0, 0.05) is 11.6 Å². The van der Waals surface area contributed by atoms with E-state index in [0.29, 0.717) is 5.02 Å². The fourth-order valence-corrected chi connectivity index (χ4v) is 3.53. The van der Waals surface area contributed by atoms with Gasteiger partial charge in [-0.05, 0) is 36.8 Å². The van der Waals surface area contributed by atoms with Gasteiger partial charge in [0.05, 0.1) is 4.90 Å². The fourth-order valence-electron chi connectivity index (χ4n) is 2.03. The lowest BCUT2D eigenvalue weighted by Gasteiger charge is -2.20. The van der Waals surface area contributed by atoms with E-state index in [-0.39, 0.29) is 11.4 Å². The minimum atomic E-state index is -3.93. The van der Waals surface area contributed by atoms with Crippen molar-refractivity contribution in [1.29, 1.82) is 0 Å². The lowest BCUT2D eigenvalue weighted by atomic mass is 10.1. The Kier molecular flexibility index (Phi) is 5.41. The van der Waals surface area contributed by atoms with Crippen LogP contribution < -0.4 is 0 Å². The molecular weight excluding hydrogens is 338 g/mol. The zero-order valence-electron chi connectivity index (χ0n) is 12.4. The molecule has 0 saturated heterocycles. The number of aliphatic carboxylic acids is 1. The van der Waals surface area contributed by atoms with Crippen LogP contribution in [0.3, 0.4) is 0 Å². The fraction of sp³-hybridized carbons (Fsp3) is 0.188. The van der Waals surface area contributed by atoms with Crippen molar-refractivity contribution in [3.05, 3.63) is 64.7 Å². The van der Waals surface area contributed by atoms with Gasteiger partial charge in [-0.25, -0.2) is 8.42 Å². The van der Waals surface area contributed by atoms with Crippen molar-refractivity contribution in [2.45, 2.75) is 18.4 Å². The van der Waals surface area contributed by atoms with Gasteiger partial charge in [0.15, 0.2) is 0 Å². The van der Waals surface area contributed by atoms with Crippen LogP contribution in [0.5, 0.6) is 0 Å². The molecule has 2 aromatic carbocycles. The van der Waals surface area contributed by atoms with E-state index in [2.05, 4.69) is 0 Å². The second-order valence-corrected chi connectivity index (χ2v) is 7.48. The first-order chi connectivity index (χ1) is 10.8. The molecule has 0 aliphatic carbocycles. The number of nitrogens with zero attached hydrogens (tertiary/aromatic N) is 1. The molecule has 0 amide bonds. The molecule has 0 aliphatic heterocycles. The highest BCUT2D eigenvalue weighted by Crippen LogP contribution is 2.20. The predicted octanol–water partition coefficient (Wildman–Crippen LogP) is 2.92. The summed E-state index contributed by atoms with van der Waals surface area (Å²) < 4.78 is 26.3. The first kappa shape index (κ1) is 17.5. The van der Waals surface area contributed by atoms with E-state index in [1.165, 1.54) is 24.3 Å².